The van der Waals surface area contributed by atoms with Gasteiger partial charge in [-0.15, -0.1) is 6.42 Å². The highest BCUT2D eigenvalue weighted by atomic mass is 35.5. The molecule has 0 amide bonds. The molecule has 0 bridgehead atoms. The first-order valence-corrected chi connectivity index (χ1v) is 4.81. The highest BCUT2D eigenvalue weighted by Gasteiger charge is 2.05. The third-order valence-electron chi connectivity index (χ3n) is 1.92. The summed E-state index contributed by atoms with van der Waals surface area (Å²) in [5.41, 5.74) is 1.04. The molecule has 0 saturated heterocycles. The van der Waals surface area contributed by atoms with Crippen molar-refractivity contribution in [3.63, 3.8) is 0 Å². The molecule has 1 heterocycles. The Hall–Kier alpha value is -1.20. The van der Waals surface area contributed by atoms with E-state index in [2.05, 4.69) is 24.8 Å². The first kappa shape index (κ1) is 10.9. The minimum Gasteiger partial charge on any atom is -0.308 e. The van der Waals surface area contributed by atoms with E-state index >= 15 is 0 Å². The highest BCUT2D eigenvalue weighted by molar-refractivity contribution is 6.33. The van der Waals surface area contributed by atoms with Crippen molar-refractivity contribution in [1.29, 1.82) is 0 Å². The lowest BCUT2D eigenvalue weighted by molar-refractivity contribution is 0.828. The van der Waals surface area contributed by atoms with Crippen LogP contribution in [0, 0.1) is 19.3 Å². The summed E-state index contributed by atoms with van der Waals surface area (Å²) in [6.07, 6.45) is 8.79. The monoisotopic (exact) mass is 208 g/mol. The van der Waals surface area contributed by atoms with Gasteiger partial charge in [-0.25, -0.2) is 4.98 Å². The predicted molar refractivity (Wildman–Crippen MR) is 60.0 cm³/mol. The fourth-order valence-electron chi connectivity index (χ4n) is 1.08. The molecule has 2 nitrogen and oxygen atoms in total. The third-order valence-corrected chi connectivity index (χ3v) is 2.12. The van der Waals surface area contributed by atoms with E-state index in [1.54, 1.807) is 6.20 Å². The largest absolute Gasteiger partial charge is 0.308 e. The number of terminal acetylenes is 1. The van der Waals surface area contributed by atoms with Crippen molar-refractivity contribution in [3.05, 3.63) is 22.7 Å². The number of allylic oxidation sites excluding steroid dienone is 1. The lowest BCUT2D eigenvalue weighted by Gasteiger charge is -1.96. The average Bonchev–Trinajstić information content (AvgIpc) is 2.48. The molecule has 0 atom stereocenters. The fraction of sp³-hybridized carbons (Fsp3) is 0.364. The number of hydrogen-bond donors (Lipinski definition) is 0. The Labute approximate surface area is 89.6 Å². The van der Waals surface area contributed by atoms with Crippen LogP contribution in [0.2, 0.25) is 0 Å². The second-order valence-electron chi connectivity index (χ2n) is 3.40. The van der Waals surface area contributed by atoms with Gasteiger partial charge < -0.3 is 4.57 Å². The number of imidazole rings is 1. The number of aromatic nitrogens is 2. The third kappa shape index (κ3) is 2.40. The van der Waals surface area contributed by atoms with Crippen LogP contribution in [0.1, 0.15) is 31.3 Å². The Morgan fingerprint density at radius 2 is 2.36 bits per heavy atom. The lowest BCUT2D eigenvalue weighted by atomic mass is 10.2. The molecule has 0 aliphatic carbocycles. The Balaban J connectivity index is 3.06. The van der Waals surface area contributed by atoms with Gasteiger partial charge in [0.1, 0.15) is 10.9 Å². The number of halogens is 1. The standard InChI is InChI=1S/C11H13ClN2/c1-5-10(12)6-14-7-11(8(2)3)13-9(14)4/h1,6-8H,2-4H3/b10-6+. The predicted octanol–water partition coefficient (Wildman–Crippen LogP) is 2.99. The van der Waals surface area contributed by atoms with Gasteiger partial charge in [-0.3, -0.25) is 0 Å². The summed E-state index contributed by atoms with van der Waals surface area (Å²) in [4.78, 5) is 4.39. The van der Waals surface area contributed by atoms with E-state index in [1.165, 1.54) is 0 Å². The Morgan fingerprint density at radius 1 is 1.71 bits per heavy atom. The van der Waals surface area contributed by atoms with Crippen molar-refractivity contribution < 1.29 is 0 Å². The van der Waals surface area contributed by atoms with Crippen molar-refractivity contribution in [1.82, 2.24) is 9.55 Å². The lowest BCUT2D eigenvalue weighted by Crippen LogP contribution is -1.87. The Kier molecular flexibility index (Phi) is 3.38. The molecule has 1 aromatic heterocycles. The molecule has 0 aliphatic rings. The second-order valence-corrected chi connectivity index (χ2v) is 3.80. The van der Waals surface area contributed by atoms with Crippen molar-refractivity contribution >= 4 is 17.8 Å². The van der Waals surface area contributed by atoms with Crippen LogP contribution < -0.4 is 0 Å². The molecule has 0 unspecified atom stereocenters. The molecule has 0 fully saturated rings. The van der Waals surface area contributed by atoms with E-state index in [4.69, 9.17) is 18.0 Å². The van der Waals surface area contributed by atoms with Crippen LogP contribution in [0.5, 0.6) is 0 Å². The van der Waals surface area contributed by atoms with E-state index in [9.17, 15) is 0 Å². The zero-order valence-electron chi connectivity index (χ0n) is 8.58. The quantitative estimate of drug-likeness (QED) is 0.684. The van der Waals surface area contributed by atoms with Gasteiger partial charge in [0.05, 0.1) is 5.69 Å². The van der Waals surface area contributed by atoms with Gasteiger partial charge in [0.25, 0.3) is 0 Å². The number of rotatable bonds is 2. The van der Waals surface area contributed by atoms with E-state index in [-0.39, 0.29) is 0 Å². The van der Waals surface area contributed by atoms with Crippen molar-refractivity contribution in [3.8, 4) is 12.3 Å². The molecule has 1 rings (SSSR count). The summed E-state index contributed by atoms with van der Waals surface area (Å²) in [6, 6.07) is 0. The molecule has 0 N–H and O–H groups in total. The normalized spacial score (nSPS) is 11.9. The zero-order chi connectivity index (χ0) is 10.7. The van der Waals surface area contributed by atoms with Crippen molar-refractivity contribution in [2.45, 2.75) is 26.7 Å². The van der Waals surface area contributed by atoms with Crippen molar-refractivity contribution in [2.24, 2.45) is 0 Å². The summed E-state index contributed by atoms with van der Waals surface area (Å²) in [5, 5.41) is 0.376. The molecular weight excluding hydrogens is 196 g/mol. The van der Waals surface area contributed by atoms with Crippen LogP contribution in [0.15, 0.2) is 11.2 Å². The summed E-state index contributed by atoms with van der Waals surface area (Å²) in [5.74, 6) is 3.66. The molecule has 1 aromatic rings. The van der Waals surface area contributed by atoms with Gasteiger partial charge in [-0.2, -0.15) is 0 Å². The van der Waals surface area contributed by atoms with Crippen LogP contribution >= 0.6 is 11.6 Å². The maximum atomic E-state index is 5.74. The summed E-state index contributed by atoms with van der Waals surface area (Å²) in [7, 11) is 0. The van der Waals surface area contributed by atoms with Crippen LogP contribution in [0.3, 0.4) is 0 Å². The molecule has 14 heavy (non-hydrogen) atoms. The van der Waals surface area contributed by atoms with Gasteiger partial charge >= 0.3 is 0 Å². The number of aryl methyl sites for hydroxylation is 1. The van der Waals surface area contributed by atoms with E-state index in [1.807, 2.05) is 17.7 Å². The van der Waals surface area contributed by atoms with Gasteiger partial charge in [-0.05, 0) is 12.8 Å². The van der Waals surface area contributed by atoms with Gasteiger partial charge in [0.2, 0.25) is 0 Å². The SMILES string of the molecule is C#C/C(Cl)=C\n1cc(C(C)C)nc1C. The highest BCUT2D eigenvalue weighted by Crippen LogP contribution is 2.14. The smallest absolute Gasteiger partial charge is 0.109 e. The Morgan fingerprint density at radius 3 is 2.79 bits per heavy atom. The van der Waals surface area contributed by atoms with Crippen LogP contribution in [-0.2, 0) is 0 Å². The summed E-state index contributed by atoms with van der Waals surface area (Å²) in [6.45, 7) is 6.11. The zero-order valence-corrected chi connectivity index (χ0v) is 9.34. The molecular formula is C11H13ClN2. The van der Waals surface area contributed by atoms with E-state index in [0.29, 0.717) is 11.0 Å². The van der Waals surface area contributed by atoms with Gasteiger partial charge in [0.15, 0.2) is 0 Å². The van der Waals surface area contributed by atoms with Crippen LogP contribution in [-0.4, -0.2) is 9.55 Å². The first-order chi connectivity index (χ1) is 6.54. The van der Waals surface area contributed by atoms with Crippen LogP contribution in [0.4, 0.5) is 0 Å². The molecule has 0 aromatic carbocycles. The van der Waals surface area contributed by atoms with Crippen molar-refractivity contribution in [2.75, 3.05) is 0 Å². The molecule has 3 heteroatoms. The number of hydrogen-bond acceptors (Lipinski definition) is 1. The van der Waals surface area contributed by atoms with Gasteiger partial charge in [0, 0.05) is 12.4 Å². The molecule has 74 valence electrons. The topological polar surface area (TPSA) is 17.8 Å². The molecule has 0 aliphatic heterocycles. The molecule has 0 spiro atoms. The molecule has 0 saturated carbocycles. The average molecular weight is 209 g/mol. The maximum absolute atomic E-state index is 5.74. The van der Waals surface area contributed by atoms with Crippen LogP contribution in [0.25, 0.3) is 6.20 Å². The Bertz CT molecular complexity index is 394. The van der Waals surface area contributed by atoms with E-state index < -0.39 is 0 Å². The fourth-order valence-corrected chi connectivity index (χ4v) is 1.18. The van der Waals surface area contributed by atoms with Gasteiger partial charge in [-0.1, -0.05) is 31.4 Å². The second kappa shape index (κ2) is 4.34. The minimum absolute atomic E-state index is 0.376. The summed E-state index contributed by atoms with van der Waals surface area (Å²) >= 11 is 5.74. The number of nitrogens with zero attached hydrogens (tertiary/aromatic N) is 2. The molecule has 0 radical (unpaired) electrons. The first-order valence-electron chi connectivity index (χ1n) is 4.44. The maximum Gasteiger partial charge on any atom is 0.109 e. The van der Waals surface area contributed by atoms with E-state index in [0.717, 1.165) is 11.5 Å². The summed E-state index contributed by atoms with van der Waals surface area (Å²) < 4.78 is 1.84. The minimum atomic E-state index is 0.376.